The summed E-state index contributed by atoms with van der Waals surface area (Å²) in [5, 5.41) is 9.01. The first kappa shape index (κ1) is 14.4. The lowest BCUT2D eigenvalue weighted by Crippen LogP contribution is -2.37. The highest BCUT2D eigenvalue weighted by Crippen LogP contribution is 2.28. The number of hydrogen-bond donors (Lipinski definition) is 1. The van der Waals surface area contributed by atoms with Crippen LogP contribution in [0, 0.1) is 5.92 Å². The molecule has 1 saturated carbocycles. The number of aliphatic hydroxyl groups excluding tert-OH is 1. The lowest BCUT2D eigenvalue weighted by Gasteiger charge is -2.30. The molecule has 1 aromatic heterocycles. The fourth-order valence-corrected chi connectivity index (χ4v) is 3.59. The van der Waals surface area contributed by atoms with Crippen molar-refractivity contribution in [2.45, 2.75) is 37.8 Å². The Balaban J connectivity index is 2.17. The Kier molecular flexibility index (Phi) is 4.54. The molecule has 106 valence electrons. The third-order valence-corrected chi connectivity index (χ3v) is 5.48. The van der Waals surface area contributed by atoms with Crippen molar-refractivity contribution in [2.24, 2.45) is 5.92 Å². The number of hydrogen-bond acceptors (Lipinski definition) is 4. The molecule has 0 aromatic carbocycles. The SMILES string of the molecule is CCN(CC1CCC1)S(=O)(=O)c1ccc(CO)cn1. The fourth-order valence-electron chi connectivity index (χ4n) is 2.15. The predicted octanol–water partition coefficient (Wildman–Crippen LogP) is 1.38. The Morgan fingerprint density at radius 2 is 2.16 bits per heavy atom. The summed E-state index contributed by atoms with van der Waals surface area (Å²) in [6.45, 7) is 2.76. The molecule has 1 fully saturated rings. The van der Waals surface area contributed by atoms with Crippen LogP contribution in [0.2, 0.25) is 0 Å². The molecule has 1 heterocycles. The maximum atomic E-state index is 12.4. The van der Waals surface area contributed by atoms with E-state index in [2.05, 4.69) is 4.98 Å². The third kappa shape index (κ3) is 3.13. The molecule has 1 N–H and O–H groups in total. The van der Waals surface area contributed by atoms with Crippen LogP contribution < -0.4 is 0 Å². The van der Waals surface area contributed by atoms with Crippen LogP contribution in [0.4, 0.5) is 0 Å². The summed E-state index contributed by atoms with van der Waals surface area (Å²) in [7, 11) is -3.51. The molecule has 1 aliphatic rings. The van der Waals surface area contributed by atoms with Crippen molar-refractivity contribution < 1.29 is 13.5 Å². The predicted molar refractivity (Wildman–Crippen MR) is 71.9 cm³/mol. The maximum absolute atomic E-state index is 12.4. The van der Waals surface area contributed by atoms with Crippen molar-refractivity contribution >= 4 is 10.0 Å². The lowest BCUT2D eigenvalue weighted by atomic mass is 9.85. The van der Waals surface area contributed by atoms with Crippen LogP contribution in [-0.4, -0.2) is 35.9 Å². The molecule has 1 aromatic rings. The van der Waals surface area contributed by atoms with Gasteiger partial charge in [0, 0.05) is 19.3 Å². The van der Waals surface area contributed by atoms with E-state index in [4.69, 9.17) is 5.11 Å². The van der Waals surface area contributed by atoms with Gasteiger partial charge in [0.25, 0.3) is 10.0 Å². The Bertz CT molecular complexity index is 509. The minimum absolute atomic E-state index is 0.0610. The van der Waals surface area contributed by atoms with Gasteiger partial charge in [0.2, 0.25) is 0 Å². The molecule has 0 unspecified atom stereocenters. The van der Waals surface area contributed by atoms with Crippen LogP contribution in [-0.2, 0) is 16.6 Å². The van der Waals surface area contributed by atoms with Gasteiger partial charge in [-0.15, -0.1) is 0 Å². The Morgan fingerprint density at radius 1 is 1.42 bits per heavy atom. The van der Waals surface area contributed by atoms with E-state index in [0.717, 1.165) is 12.8 Å². The van der Waals surface area contributed by atoms with Gasteiger partial charge in [0.05, 0.1) is 6.61 Å². The van der Waals surface area contributed by atoms with Gasteiger partial charge in [-0.25, -0.2) is 13.4 Å². The highest BCUT2D eigenvalue weighted by atomic mass is 32.2. The number of aromatic nitrogens is 1. The van der Waals surface area contributed by atoms with Crippen LogP contribution in [0.3, 0.4) is 0 Å². The molecule has 0 saturated heterocycles. The summed E-state index contributed by atoms with van der Waals surface area (Å²) in [6, 6.07) is 3.06. The Hall–Kier alpha value is -0.980. The number of pyridine rings is 1. The summed E-state index contributed by atoms with van der Waals surface area (Å²) >= 11 is 0. The van der Waals surface area contributed by atoms with Gasteiger partial charge >= 0.3 is 0 Å². The number of nitrogens with zero attached hydrogens (tertiary/aromatic N) is 2. The molecule has 0 aliphatic heterocycles. The highest BCUT2D eigenvalue weighted by molar-refractivity contribution is 7.89. The zero-order chi connectivity index (χ0) is 13.9. The van der Waals surface area contributed by atoms with Gasteiger partial charge < -0.3 is 5.11 Å². The fraction of sp³-hybridized carbons (Fsp3) is 0.615. The van der Waals surface area contributed by atoms with E-state index < -0.39 is 10.0 Å². The standard InChI is InChI=1S/C13H20N2O3S/c1-2-15(9-11-4-3-5-11)19(17,18)13-7-6-12(10-16)8-14-13/h6-8,11,16H,2-5,9-10H2,1H3. The second-order valence-electron chi connectivity index (χ2n) is 4.92. The van der Waals surface area contributed by atoms with Gasteiger partial charge in [0.15, 0.2) is 5.03 Å². The third-order valence-electron chi connectivity index (χ3n) is 3.62. The zero-order valence-corrected chi connectivity index (χ0v) is 11.9. The van der Waals surface area contributed by atoms with Crippen LogP contribution in [0.25, 0.3) is 0 Å². The summed E-state index contributed by atoms with van der Waals surface area (Å²) in [6.07, 6.45) is 4.83. The van der Waals surface area contributed by atoms with Crippen LogP contribution in [0.5, 0.6) is 0 Å². The summed E-state index contributed by atoms with van der Waals surface area (Å²) in [4.78, 5) is 3.95. The van der Waals surface area contributed by atoms with Crippen LogP contribution in [0.1, 0.15) is 31.7 Å². The van der Waals surface area contributed by atoms with Crippen LogP contribution in [0.15, 0.2) is 23.4 Å². The van der Waals surface area contributed by atoms with E-state index in [1.807, 2.05) is 6.92 Å². The Labute approximate surface area is 114 Å². The van der Waals surface area contributed by atoms with E-state index in [1.54, 1.807) is 6.07 Å². The Morgan fingerprint density at radius 3 is 2.58 bits per heavy atom. The zero-order valence-electron chi connectivity index (χ0n) is 11.1. The van der Waals surface area contributed by atoms with Crippen molar-refractivity contribution in [1.29, 1.82) is 0 Å². The van der Waals surface area contributed by atoms with Crippen molar-refractivity contribution in [3.8, 4) is 0 Å². The monoisotopic (exact) mass is 284 g/mol. The maximum Gasteiger partial charge on any atom is 0.260 e. The van der Waals surface area contributed by atoms with Crippen molar-refractivity contribution in [2.75, 3.05) is 13.1 Å². The molecular weight excluding hydrogens is 264 g/mol. The first-order valence-electron chi connectivity index (χ1n) is 6.64. The van der Waals surface area contributed by atoms with Crippen molar-refractivity contribution in [1.82, 2.24) is 9.29 Å². The van der Waals surface area contributed by atoms with Gasteiger partial charge in [-0.3, -0.25) is 0 Å². The molecule has 1 aliphatic carbocycles. The second-order valence-corrected chi connectivity index (χ2v) is 6.80. The van der Waals surface area contributed by atoms with Gasteiger partial charge in [-0.1, -0.05) is 19.4 Å². The molecule has 6 heteroatoms. The highest BCUT2D eigenvalue weighted by Gasteiger charge is 2.29. The second kappa shape index (κ2) is 5.98. The molecular formula is C13H20N2O3S. The quantitative estimate of drug-likeness (QED) is 0.857. The van der Waals surface area contributed by atoms with Crippen molar-refractivity contribution in [3.05, 3.63) is 23.9 Å². The molecule has 0 radical (unpaired) electrons. The average molecular weight is 284 g/mol. The molecule has 0 spiro atoms. The molecule has 5 nitrogen and oxygen atoms in total. The average Bonchev–Trinajstić information content (AvgIpc) is 2.37. The summed E-state index contributed by atoms with van der Waals surface area (Å²) in [5.74, 6) is 0.492. The molecule has 0 amide bonds. The van der Waals surface area contributed by atoms with E-state index in [9.17, 15) is 8.42 Å². The van der Waals surface area contributed by atoms with Gasteiger partial charge in [-0.05, 0) is 30.4 Å². The minimum Gasteiger partial charge on any atom is -0.392 e. The number of sulfonamides is 1. The number of rotatable bonds is 6. The van der Waals surface area contributed by atoms with E-state index in [1.165, 1.54) is 23.0 Å². The largest absolute Gasteiger partial charge is 0.392 e. The van der Waals surface area contributed by atoms with E-state index in [-0.39, 0.29) is 11.6 Å². The molecule has 0 bridgehead atoms. The summed E-state index contributed by atoms with van der Waals surface area (Å²) < 4.78 is 26.4. The normalized spacial score (nSPS) is 16.6. The lowest BCUT2D eigenvalue weighted by molar-refractivity contribution is 0.249. The molecule has 19 heavy (non-hydrogen) atoms. The molecule has 0 atom stereocenters. The topological polar surface area (TPSA) is 70.5 Å². The number of aliphatic hydroxyl groups is 1. The first-order chi connectivity index (χ1) is 9.07. The van der Waals surface area contributed by atoms with E-state index >= 15 is 0 Å². The van der Waals surface area contributed by atoms with Crippen LogP contribution >= 0.6 is 0 Å². The first-order valence-corrected chi connectivity index (χ1v) is 8.08. The van der Waals surface area contributed by atoms with Gasteiger partial charge in [0.1, 0.15) is 0 Å². The molecule has 2 rings (SSSR count). The van der Waals surface area contributed by atoms with Crippen molar-refractivity contribution in [3.63, 3.8) is 0 Å². The smallest absolute Gasteiger partial charge is 0.260 e. The van der Waals surface area contributed by atoms with E-state index in [0.29, 0.717) is 24.6 Å². The summed E-state index contributed by atoms with van der Waals surface area (Å²) in [5.41, 5.74) is 0.612. The minimum atomic E-state index is -3.51. The van der Waals surface area contributed by atoms with Gasteiger partial charge in [-0.2, -0.15) is 4.31 Å².